The first-order valence-corrected chi connectivity index (χ1v) is 10.0. The van der Waals surface area contributed by atoms with Crippen molar-refractivity contribution in [2.75, 3.05) is 6.54 Å². The summed E-state index contributed by atoms with van der Waals surface area (Å²) in [6.45, 7) is 3.26. The number of aromatic hydroxyl groups is 1. The van der Waals surface area contributed by atoms with Crippen LogP contribution in [0.5, 0.6) is 5.88 Å². The fourth-order valence-electron chi connectivity index (χ4n) is 3.96. The first-order valence-electron chi connectivity index (χ1n) is 9.22. The lowest BCUT2D eigenvalue weighted by atomic mass is 9.95. The van der Waals surface area contributed by atoms with Crippen LogP contribution in [-0.2, 0) is 13.0 Å². The van der Waals surface area contributed by atoms with E-state index in [1.807, 2.05) is 12.1 Å². The molecule has 142 valence electrons. The minimum Gasteiger partial charge on any atom is -0.492 e. The molecular weight excluding hydrogens is 375 g/mol. The summed E-state index contributed by atoms with van der Waals surface area (Å²) in [4.78, 5) is 7.87. The summed E-state index contributed by atoms with van der Waals surface area (Å²) in [6.07, 6.45) is 0.891. The molecule has 1 N–H and O–H groups in total. The fourth-order valence-corrected chi connectivity index (χ4v) is 5.12. The van der Waals surface area contributed by atoms with Crippen LogP contribution in [0.15, 0.2) is 48.5 Å². The SMILES string of the molecule is Cc1nc2sc(C(c3ccccc3F)N3CCc4ccccc4C3)c(O)n2n1. The zero-order valence-electron chi connectivity index (χ0n) is 15.3. The van der Waals surface area contributed by atoms with Gasteiger partial charge in [0.25, 0.3) is 0 Å². The van der Waals surface area contributed by atoms with Crippen molar-refractivity contribution >= 4 is 16.3 Å². The predicted molar refractivity (Wildman–Crippen MR) is 106 cm³/mol. The zero-order chi connectivity index (χ0) is 19.3. The Bertz CT molecular complexity index is 1170. The highest BCUT2D eigenvalue weighted by Gasteiger charge is 2.33. The number of hydrogen-bond acceptors (Lipinski definition) is 5. The summed E-state index contributed by atoms with van der Waals surface area (Å²) in [5, 5.41) is 15.1. The van der Waals surface area contributed by atoms with Crippen molar-refractivity contribution in [2.24, 2.45) is 0 Å². The second-order valence-corrected chi connectivity index (χ2v) is 8.07. The lowest BCUT2D eigenvalue weighted by Crippen LogP contribution is -2.35. The van der Waals surface area contributed by atoms with E-state index in [4.69, 9.17) is 0 Å². The molecule has 1 atom stereocenters. The largest absolute Gasteiger partial charge is 0.492 e. The van der Waals surface area contributed by atoms with Crippen LogP contribution in [0.1, 0.15) is 33.4 Å². The van der Waals surface area contributed by atoms with Crippen LogP contribution >= 0.6 is 11.3 Å². The van der Waals surface area contributed by atoms with Crippen molar-refractivity contribution < 1.29 is 9.50 Å². The maximum absolute atomic E-state index is 14.8. The van der Waals surface area contributed by atoms with Gasteiger partial charge in [0, 0.05) is 18.7 Å². The number of halogens is 1. The molecule has 1 unspecified atom stereocenters. The quantitative estimate of drug-likeness (QED) is 0.569. The molecule has 1 aliphatic rings. The Morgan fingerprint density at radius 2 is 1.86 bits per heavy atom. The molecule has 0 aliphatic carbocycles. The highest BCUT2D eigenvalue weighted by atomic mass is 32.1. The number of nitrogens with zero attached hydrogens (tertiary/aromatic N) is 4. The number of thiazole rings is 1. The van der Waals surface area contributed by atoms with E-state index in [9.17, 15) is 9.50 Å². The lowest BCUT2D eigenvalue weighted by molar-refractivity contribution is 0.202. The minimum atomic E-state index is -0.400. The number of rotatable bonds is 3. The number of aromatic nitrogens is 3. The van der Waals surface area contributed by atoms with Crippen molar-refractivity contribution in [3.05, 3.63) is 81.7 Å². The highest BCUT2D eigenvalue weighted by Crippen LogP contribution is 2.42. The standard InChI is InChI=1S/C21H19FN4OS/c1-13-23-21-26(24-13)20(27)19(28-21)18(16-8-4-5-9-17(16)22)25-11-10-14-6-2-3-7-15(14)12-25/h2-9,18,27H,10-12H2,1H3. The average molecular weight is 394 g/mol. The molecule has 0 saturated carbocycles. The molecule has 2 aromatic heterocycles. The highest BCUT2D eigenvalue weighted by molar-refractivity contribution is 7.17. The van der Waals surface area contributed by atoms with Gasteiger partial charge >= 0.3 is 0 Å². The van der Waals surface area contributed by atoms with E-state index in [0.29, 0.717) is 27.8 Å². The molecule has 28 heavy (non-hydrogen) atoms. The molecule has 0 spiro atoms. The monoisotopic (exact) mass is 394 g/mol. The molecule has 0 radical (unpaired) electrons. The van der Waals surface area contributed by atoms with Gasteiger partial charge in [0.05, 0.1) is 10.9 Å². The Labute approximate surface area is 165 Å². The minimum absolute atomic E-state index is 0.0349. The van der Waals surface area contributed by atoms with Gasteiger partial charge < -0.3 is 5.11 Å². The molecule has 7 heteroatoms. The van der Waals surface area contributed by atoms with Gasteiger partial charge in [0.2, 0.25) is 10.8 Å². The van der Waals surface area contributed by atoms with Gasteiger partial charge in [-0.15, -0.1) is 5.10 Å². The molecule has 1 aliphatic heterocycles. The van der Waals surface area contributed by atoms with Gasteiger partial charge in [-0.05, 0) is 30.5 Å². The van der Waals surface area contributed by atoms with Gasteiger partial charge in [-0.3, -0.25) is 4.90 Å². The van der Waals surface area contributed by atoms with Crippen LogP contribution < -0.4 is 0 Å². The van der Waals surface area contributed by atoms with E-state index >= 15 is 0 Å². The van der Waals surface area contributed by atoms with E-state index < -0.39 is 6.04 Å². The normalized spacial score (nSPS) is 15.6. The molecule has 0 bridgehead atoms. The number of aryl methyl sites for hydroxylation is 1. The first kappa shape index (κ1) is 17.3. The molecule has 2 aromatic carbocycles. The van der Waals surface area contributed by atoms with E-state index in [2.05, 4.69) is 33.2 Å². The van der Waals surface area contributed by atoms with E-state index in [0.717, 1.165) is 13.0 Å². The van der Waals surface area contributed by atoms with Crippen LogP contribution in [0.4, 0.5) is 4.39 Å². The summed E-state index contributed by atoms with van der Waals surface area (Å²) in [6, 6.07) is 14.7. The van der Waals surface area contributed by atoms with Gasteiger partial charge in [0.15, 0.2) is 0 Å². The molecule has 0 amide bonds. The summed E-state index contributed by atoms with van der Waals surface area (Å²) in [7, 11) is 0. The van der Waals surface area contributed by atoms with Crippen molar-refractivity contribution in [3.8, 4) is 5.88 Å². The topological polar surface area (TPSA) is 53.7 Å². The van der Waals surface area contributed by atoms with Gasteiger partial charge in [0.1, 0.15) is 11.6 Å². The van der Waals surface area contributed by atoms with Crippen LogP contribution in [0.3, 0.4) is 0 Å². The molecule has 5 nitrogen and oxygen atoms in total. The third kappa shape index (κ3) is 2.78. The van der Waals surface area contributed by atoms with E-state index in [-0.39, 0.29) is 11.7 Å². The predicted octanol–water partition coefficient (Wildman–Crippen LogP) is 4.09. The Hall–Kier alpha value is -2.77. The molecule has 3 heterocycles. The maximum atomic E-state index is 14.8. The Balaban J connectivity index is 1.64. The van der Waals surface area contributed by atoms with E-state index in [1.165, 1.54) is 33.0 Å². The van der Waals surface area contributed by atoms with Crippen molar-refractivity contribution in [1.29, 1.82) is 0 Å². The zero-order valence-corrected chi connectivity index (χ0v) is 16.2. The number of hydrogen-bond donors (Lipinski definition) is 1. The van der Waals surface area contributed by atoms with Crippen molar-refractivity contribution in [1.82, 2.24) is 19.5 Å². The molecule has 5 rings (SSSR count). The average Bonchev–Trinajstić information content (AvgIpc) is 3.21. The Morgan fingerprint density at radius 1 is 1.11 bits per heavy atom. The molecule has 0 fully saturated rings. The van der Waals surface area contributed by atoms with Crippen molar-refractivity contribution in [3.63, 3.8) is 0 Å². The Morgan fingerprint density at radius 3 is 2.64 bits per heavy atom. The second kappa shape index (κ2) is 6.68. The van der Waals surface area contributed by atoms with Gasteiger partial charge in [-0.2, -0.15) is 4.52 Å². The smallest absolute Gasteiger partial charge is 0.230 e. The van der Waals surface area contributed by atoms with Crippen LogP contribution in [0, 0.1) is 12.7 Å². The van der Waals surface area contributed by atoms with Crippen LogP contribution in [0.2, 0.25) is 0 Å². The third-order valence-corrected chi connectivity index (χ3v) is 6.35. The summed E-state index contributed by atoms with van der Waals surface area (Å²) < 4.78 is 16.3. The first-order chi connectivity index (χ1) is 13.6. The van der Waals surface area contributed by atoms with Gasteiger partial charge in [-0.25, -0.2) is 9.37 Å². The van der Waals surface area contributed by atoms with E-state index in [1.54, 1.807) is 19.1 Å². The summed E-state index contributed by atoms with van der Waals surface area (Å²) >= 11 is 1.36. The second-order valence-electron chi connectivity index (χ2n) is 7.06. The molecule has 4 aromatic rings. The molecule has 0 saturated heterocycles. The van der Waals surface area contributed by atoms with Crippen molar-refractivity contribution in [2.45, 2.75) is 25.9 Å². The number of benzene rings is 2. The fraction of sp³-hybridized carbons (Fsp3) is 0.238. The number of fused-ring (bicyclic) bond motifs is 2. The summed E-state index contributed by atoms with van der Waals surface area (Å²) in [5.41, 5.74) is 3.12. The van der Waals surface area contributed by atoms with Crippen LogP contribution in [-0.4, -0.2) is 31.1 Å². The van der Waals surface area contributed by atoms with Crippen LogP contribution in [0.25, 0.3) is 4.96 Å². The Kier molecular flexibility index (Phi) is 4.14. The third-order valence-electron chi connectivity index (χ3n) is 5.28. The van der Waals surface area contributed by atoms with Gasteiger partial charge in [-0.1, -0.05) is 53.8 Å². The summed E-state index contributed by atoms with van der Waals surface area (Å²) in [5.74, 6) is 0.357. The molecular formula is C21H19FN4OS. The maximum Gasteiger partial charge on any atom is 0.230 e. The lowest BCUT2D eigenvalue weighted by Gasteiger charge is -2.35.